The van der Waals surface area contributed by atoms with Crippen molar-refractivity contribution in [2.24, 2.45) is 0 Å². The number of hydrogen-bond donors (Lipinski definition) is 1. The van der Waals surface area contributed by atoms with Crippen LogP contribution >= 0.6 is 11.6 Å². The van der Waals surface area contributed by atoms with Crippen molar-refractivity contribution in [3.63, 3.8) is 0 Å². The second-order valence-electron chi connectivity index (χ2n) is 6.05. The zero-order chi connectivity index (χ0) is 18.1. The predicted octanol–water partition coefficient (Wildman–Crippen LogP) is 3.15. The van der Waals surface area contributed by atoms with Crippen LogP contribution in [0.2, 0.25) is 5.15 Å². The van der Waals surface area contributed by atoms with Crippen LogP contribution in [0, 0.1) is 0 Å². The number of rotatable bonds is 2. The number of halogens is 1. The third kappa shape index (κ3) is 3.13. The van der Waals surface area contributed by atoms with Crippen LogP contribution in [0.15, 0.2) is 42.9 Å². The summed E-state index contributed by atoms with van der Waals surface area (Å²) < 4.78 is 0. The normalized spacial score (nSPS) is 14.7. The van der Waals surface area contributed by atoms with E-state index in [1.807, 2.05) is 18.2 Å². The smallest absolute Gasteiger partial charge is 0.407 e. The second-order valence-corrected chi connectivity index (χ2v) is 6.44. The number of aromatic nitrogens is 3. The van der Waals surface area contributed by atoms with Gasteiger partial charge >= 0.3 is 6.09 Å². The van der Waals surface area contributed by atoms with Crippen molar-refractivity contribution in [2.75, 3.05) is 31.1 Å². The van der Waals surface area contributed by atoms with Crippen LogP contribution in [0.4, 0.5) is 10.6 Å². The first kappa shape index (κ1) is 16.5. The summed E-state index contributed by atoms with van der Waals surface area (Å²) in [5.41, 5.74) is 1.66. The van der Waals surface area contributed by atoms with Crippen molar-refractivity contribution in [3.05, 3.63) is 48.0 Å². The number of hydrogen-bond acceptors (Lipinski definition) is 5. The first-order chi connectivity index (χ1) is 12.6. The fourth-order valence-electron chi connectivity index (χ4n) is 3.14. The first-order valence-corrected chi connectivity index (χ1v) is 8.59. The molecule has 132 valence electrons. The number of pyridine rings is 3. The number of carboxylic acid groups (broad SMARTS) is 1. The van der Waals surface area contributed by atoms with E-state index < -0.39 is 6.09 Å². The zero-order valence-electron chi connectivity index (χ0n) is 13.8. The minimum atomic E-state index is -0.883. The molecule has 1 saturated heterocycles. The maximum atomic E-state index is 11.1. The highest BCUT2D eigenvalue weighted by Crippen LogP contribution is 2.30. The van der Waals surface area contributed by atoms with E-state index in [9.17, 15) is 4.79 Å². The van der Waals surface area contributed by atoms with Crippen LogP contribution in [0.3, 0.4) is 0 Å². The van der Waals surface area contributed by atoms with Crippen molar-refractivity contribution in [1.82, 2.24) is 19.9 Å². The molecular weight excluding hydrogens is 354 g/mol. The van der Waals surface area contributed by atoms with Gasteiger partial charge in [0.1, 0.15) is 11.0 Å². The van der Waals surface area contributed by atoms with Gasteiger partial charge in [0.05, 0.1) is 5.69 Å². The lowest BCUT2D eigenvalue weighted by Gasteiger charge is -2.34. The minimum Gasteiger partial charge on any atom is -0.465 e. The van der Waals surface area contributed by atoms with Crippen LogP contribution < -0.4 is 4.90 Å². The summed E-state index contributed by atoms with van der Waals surface area (Å²) in [5.74, 6) is 0.831. The zero-order valence-corrected chi connectivity index (χ0v) is 14.6. The van der Waals surface area contributed by atoms with Crippen molar-refractivity contribution in [3.8, 4) is 11.3 Å². The van der Waals surface area contributed by atoms with Gasteiger partial charge in [0.15, 0.2) is 0 Å². The van der Waals surface area contributed by atoms with E-state index in [1.165, 1.54) is 4.90 Å². The summed E-state index contributed by atoms with van der Waals surface area (Å²) >= 11 is 6.02. The summed E-state index contributed by atoms with van der Waals surface area (Å²) in [7, 11) is 0. The van der Waals surface area contributed by atoms with Gasteiger partial charge in [0, 0.05) is 61.1 Å². The Labute approximate surface area is 154 Å². The third-order valence-electron chi connectivity index (χ3n) is 4.48. The highest BCUT2D eigenvalue weighted by atomic mass is 35.5. The average Bonchev–Trinajstić information content (AvgIpc) is 2.67. The van der Waals surface area contributed by atoms with Crippen LogP contribution in [-0.2, 0) is 0 Å². The highest BCUT2D eigenvalue weighted by molar-refractivity contribution is 6.29. The van der Waals surface area contributed by atoms with Gasteiger partial charge in [-0.3, -0.25) is 4.98 Å². The summed E-state index contributed by atoms with van der Waals surface area (Å²) in [5, 5.41) is 11.5. The molecule has 1 amide bonds. The summed E-state index contributed by atoms with van der Waals surface area (Å²) in [6.07, 6.45) is 4.31. The Morgan fingerprint density at radius 1 is 1.12 bits per heavy atom. The molecule has 0 radical (unpaired) electrons. The SMILES string of the molecule is O=C(O)N1CCN(c2nc(-c3ccnc(Cl)c3)cc3cnccc23)CC1. The van der Waals surface area contributed by atoms with E-state index in [4.69, 9.17) is 21.7 Å². The van der Waals surface area contributed by atoms with E-state index in [1.54, 1.807) is 24.7 Å². The Morgan fingerprint density at radius 3 is 2.65 bits per heavy atom. The average molecular weight is 370 g/mol. The molecule has 8 heteroatoms. The number of anilines is 1. The van der Waals surface area contributed by atoms with Crippen molar-refractivity contribution in [1.29, 1.82) is 0 Å². The van der Waals surface area contributed by atoms with E-state index in [-0.39, 0.29) is 0 Å². The standard InChI is InChI=1S/C18H16ClN5O2/c19-16-10-12(1-4-21-16)15-9-13-11-20-3-2-14(13)17(22-15)23-5-7-24(8-6-23)18(25)26/h1-4,9-11H,5-8H2,(H,25,26). The van der Waals surface area contributed by atoms with E-state index in [0.717, 1.165) is 27.8 Å². The summed E-state index contributed by atoms with van der Waals surface area (Å²) in [6, 6.07) is 7.55. The maximum Gasteiger partial charge on any atom is 0.407 e. The number of amides is 1. The molecule has 1 aliphatic heterocycles. The molecule has 4 heterocycles. The van der Waals surface area contributed by atoms with Crippen LogP contribution in [-0.4, -0.2) is 57.2 Å². The molecule has 0 bridgehead atoms. The Bertz CT molecular complexity index is 973. The van der Waals surface area contributed by atoms with Crippen molar-refractivity contribution < 1.29 is 9.90 Å². The van der Waals surface area contributed by atoms with E-state index in [2.05, 4.69) is 14.9 Å². The molecule has 1 aliphatic rings. The predicted molar refractivity (Wildman–Crippen MR) is 99.6 cm³/mol. The van der Waals surface area contributed by atoms with Gasteiger partial charge < -0.3 is 14.9 Å². The molecule has 1 fully saturated rings. The van der Waals surface area contributed by atoms with Gasteiger partial charge in [-0.05, 0) is 24.3 Å². The summed E-state index contributed by atoms with van der Waals surface area (Å²) in [4.78, 5) is 27.8. The quantitative estimate of drug-likeness (QED) is 0.699. The van der Waals surface area contributed by atoms with E-state index >= 15 is 0 Å². The Morgan fingerprint density at radius 2 is 1.92 bits per heavy atom. The molecule has 4 rings (SSSR count). The number of piperazine rings is 1. The largest absolute Gasteiger partial charge is 0.465 e. The molecule has 1 N–H and O–H groups in total. The molecule has 0 atom stereocenters. The molecule has 7 nitrogen and oxygen atoms in total. The minimum absolute atomic E-state index is 0.409. The van der Waals surface area contributed by atoms with E-state index in [0.29, 0.717) is 31.3 Å². The van der Waals surface area contributed by atoms with Gasteiger partial charge in [-0.25, -0.2) is 14.8 Å². The fourth-order valence-corrected chi connectivity index (χ4v) is 3.31. The number of nitrogens with zero attached hydrogens (tertiary/aromatic N) is 5. The highest BCUT2D eigenvalue weighted by Gasteiger charge is 2.23. The molecule has 0 saturated carbocycles. The molecule has 3 aromatic rings. The summed E-state index contributed by atoms with van der Waals surface area (Å²) in [6.45, 7) is 2.10. The fraction of sp³-hybridized carbons (Fsp3) is 0.222. The molecule has 0 spiro atoms. The molecule has 26 heavy (non-hydrogen) atoms. The van der Waals surface area contributed by atoms with Gasteiger partial charge in [-0.15, -0.1) is 0 Å². The Balaban J connectivity index is 1.77. The van der Waals surface area contributed by atoms with Crippen molar-refractivity contribution in [2.45, 2.75) is 0 Å². The lowest BCUT2D eigenvalue weighted by Crippen LogP contribution is -2.48. The van der Waals surface area contributed by atoms with Crippen LogP contribution in [0.1, 0.15) is 0 Å². The van der Waals surface area contributed by atoms with Gasteiger partial charge in [-0.2, -0.15) is 0 Å². The topological polar surface area (TPSA) is 82.5 Å². The third-order valence-corrected chi connectivity index (χ3v) is 4.69. The lowest BCUT2D eigenvalue weighted by molar-refractivity contribution is 0.142. The molecule has 0 aromatic carbocycles. The Kier molecular flexibility index (Phi) is 4.30. The maximum absolute atomic E-state index is 11.1. The molecule has 0 unspecified atom stereocenters. The molecular formula is C18H16ClN5O2. The number of fused-ring (bicyclic) bond motifs is 1. The molecule has 3 aromatic heterocycles. The monoisotopic (exact) mass is 369 g/mol. The number of carbonyl (C=O) groups is 1. The van der Waals surface area contributed by atoms with Crippen LogP contribution in [0.5, 0.6) is 0 Å². The van der Waals surface area contributed by atoms with Crippen molar-refractivity contribution >= 4 is 34.3 Å². The van der Waals surface area contributed by atoms with Gasteiger partial charge in [0.25, 0.3) is 0 Å². The molecule has 0 aliphatic carbocycles. The second kappa shape index (κ2) is 6.76. The lowest BCUT2D eigenvalue weighted by atomic mass is 10.1. The van der Waals surface area contributed by atoms with Gasteiger partial charge in [0.2, 0.25) is 0 Å². The van der Waals surface area contributed by atoms with Crippen LogP contribution in [0.25, 0.3) is 22.0 Å². The first-order valence-electron chi connectivity index (χ1n) is 8.21. The Hall–Kier alpha value is -2.93. The van der Waals surface area contributed by atoms with Gasteiger partial charge in [-0.1, -0.05) is 11.6 Å².